The second kappa shape index (κ2) is 3.74. The highest BCUT2D eigenvalue weighted by molar-refractivity contribution is 6.23. The predicted octanol–water partition coefficient (Wildman–Crippen LogP) is 2.51. The number of aromatic nitrogens is 2. The van der Waals surface area contributed by atoms with E-state index >= 15 is 0 Å². The molecule has 2 rings (SSSR count). The van der Waals surface area contributed by atoms with Crippen LogP contribution in [0.15, 0.2) is 36.7 Å². The zero-order chi connectivity index (χ0) is 10.9. The SMILES string of the molecule is CCC1C=CC=CC1(Cl)n1cc(N)cn1. The maximum atomic E-state index is 6.59. The van der Waals surface area contributed by atoms with Crippen LogP contribution >= 0.6 is 11.6 Å². The molecule has 0 radical (unpaired) electrons. The molecule has 1 aliphatic rings. The van der Waals surface area contributed by atoms with E-state index in [2.05, 4.69) is 18.1 Å². The van der Waals surface area contributed by atoms with Gasteiger partial charge in [0.25, 0.3) is 0 Å². The molecule has 2 atom stereocenters. The van der Waals surface area contributed by atoms with Crippen LogP contribution in [0, 0.1) is 5.92 Å². The van der Waals surface area contributed by atoms with Crippen LogP contribution in [0.2, 0.25) is 0 Å². The molecule has 0 bridgehead atoms. The zero-order valence-corrected chi connectivity index (χ0v) is 9.35. The molecule has 1 aromatic heterocycles. The van der Waals surface area contributed by atoms with Crippen molar-refractivity contribution in [3.63, 3.8) is 0 Å². The number of nitrogens with two attached hydrogens (primary N) is 1. The third-order valence-corrected chi connectivity index (χ3v) is 3.28. The lowest BCUT2D eigenvalue weighted by Gasteiger charge is -2.32. The van der Waals surface area contributed by atoms with Gasteiger partial charge in [0.2, 0.25) is 0 Å². The summed E-state index contributed by atoms with van der Waals surface area (Å²) in [5, 5.41) is 4.18. The van der Waals surface area contributed by atoms with E-state index in [1.165, 1.54) is 0 Å². The number of hydrogen-bond acceptors (Lipinski definition) is 2. The molecule has 0 spiro atoms. The minimum Gasteiger partial charge on any atom is -0.396 e. The monoisotopic (exact) mass is 223 g/mol. The van der Waals surface area contributed by atoms with E-state index in [1.54, 1.807) is 17.1 Å². The molecule has 0 saturated carbocycles. The van der Waals surface area contributed by atoms with Crippen LogP contribution in [0.3, 0.4) is 0 Å². The Morgan fingerprint density at radius 3 is 3.00 bits per heavy atom. The third-order valence-electron chi connectivity index (χ3n) is 2.70. The summed E-state index contributed by atoms with van der Waals surface area (Å²) in [5.41, 5.74) is 6.28. The molecule has 2 N–H and O–H groups in total. The number of alkyl halides is 1. The minimum absolute atomic E-state index is 0.239. The largest absolute Gasteiger partial charge is 0.396 e. The van der Waals surface area contributed by atoms with E-state index < -0.39 is 5.00 Å². The van der Waals surface area contributed by atoms with Crippen molar-refractivity contribution in [3.8, 4) is 0 Å². The summed E-state index contributed by atoms with van der Waals surface area (Å²) in [6.07, 6.45) is 12.4. The highest BCUT2D eigenvalue weighted by Crippen LogP contribution is 2.38. The van der Waals surface area contributed by atoms with Gasteiger partial charge in [0, 0.05) is 5.92 Å². The quantitative estimate of drug-likeness (QED) is 0.783. The molecule has 0 saturated heterocycles. The molecule has 15 heavy (non-hydrogen) atoms. The third kappa shape index (κ3) is 1.67. The van der Waals surface area contributed by atoms with Crippen molar-refractivity contribution >= 4 is 17.3 Å². The van der Waals surface area contributed by atoms with Crippen molar-refractivity contribution in [2.75, 3.05) is 5.73 Å². The first-order chi connectivity index (χ1) is 7.16. The normalized spacial score (nSPS) is 29.6. The summed E-state index contributed by atoms with van der Waals surface area (Å²) >= 11 is 6.59. The molecule has 0 amide bonds. The zero-order valence-electron chi connectivity index (χ0n) is 8.60. The van der Waals surface area contributed by atoms with E-state index in [4.69, 9.17) is 17.3 Å². The van der Waals surface area contributed by atoms with Crippen LogP contribution in [0.1, 0.15) is 13.3 Å². The number of halogens is 1. The van der Waals surface area contributed by atoms with Gasteiger partial charge in [-0.15, -0.1) is 0 Å². The summed E-state index contributed by atoms with van der Waals surface area (Å²) in [5.74, 6) is 0.239. The Bertz CT molecular complexity index is 408. The highest BCUT2D eigenvalue weighted by atomic mass is 35.5. The van der Waals surface area contributed by atoms with Crippen LogP contribution in [-0.2, 0) is 5.00 Å². The average Bonchev–Trinajstić information content (AvgIpc) is 2.66. The van der Waals surface area contributed by atoms with Gasteiger partial charge in [0.05, 0.1) is 18.1 Å². The van der Waals surface area contributed by atoms with Gasteiger partial charge in [-0.2, -0.15) is 5.10 Å². The second-order valence-electron chi connectivity index (χ2n) is 3.70. The standard InChI is InChI=1S/C11H14ClN3/c1-2-9-5-3-4-6-11(9,12)15-8-10(13)7-14-15/h3-9H,2,13H2,1H3. The second-order valence-corrected chi connectivity index (χ2v) is 4.31. The number of nitrogens with zero attached hydrogens (tertiary/aromatic N) is 2. The van der Waals surface area contributed by atoms with Gasteiger partial charge in [-0.1, -0.05) is 36.8 Å². The minimum atomic E-state index is -0.610. The lowest BCUT2D eigenvalue weighted by atomic mass is 9.92. The molecule has 2 unspecified atom stereocenters. The smallest absolute Gasteiger partial charge is 0.160 e. The van der Waals surface area contributed by atoms with Crippen LogP contribution in [0.25, 0.3) is 0 Å². The van der Waals surface area contributed by atoms with Crippen LogP contribution in [-0.4, -0.2) is 9.78 Å². The maximum absolute atomic E-state index is 6.59. The number of hydrogen-bond donors (Lipinski definition) is 1. The Hall–Kier alpha value is -1.22. The van der Waals surface area contributed by atoms with E-state index in [0.29, 0.717) is 5.69 Å². The Labute approximate surface area is 94.2 Å². The molecule has 1 aliphatic carbocycles. The first-order valence-electron chi connectivity index (χ1n) is 5.02. The van der Waals surface area contributed by atoms with Gasteiger partial charge in [-0.05, 0) is 12.5 Å². The van der Waals surface area contributed by atoms with Gasteiger partial charge in [-0.25, -0.2) is 4.68 Å². The van der Waals surface area contributed by atoms with Gasteiger partial charge >= 0.3 is 0 Å². The summed E-state index contributed by atoms with van der Waals surface area (Å²) in [4.78, 5) is -0.610. The number of allylic oxidation sites excluding steroid dienone is 4. The summed E-state index contributed by atoms with van der Waals surface area (Å²) in [7, 11) is 0. The van der Waals surface area contributed by atoms with Crippen LogP contribution in [0.4, 0.5) is 5.69 Å². The highest BCUT2D eigenvalue weighted by Gasteiger charge is 2.35. The number of anilines is 1. The molecule has 0 fully saturated rings. The topological polar surface area (TPSA) is 43.8 Å². The van der Waals surface area contributed by atoms with E-state index in [9.17, 15) is 0 Å². The van der Waals surface area contributed by atoms with Crippen molar-refractivity contribution in [3.05, 3.63) is 36.7 Å². The van der Waals surface area contributed by atoms with Crippen molar-refractivity contribution < 1.29 is 0 Å². The summed E-state index contributed by atoms with van der Waals surface area (Å²) in [6, 6.07) is 0. The lowest BCUT2D eigenvalue weighted by molar-refractivity contribution is 0.355. The van der Waals surface area contributed by atoms with Gasteiger partial charge in [-0.3, -0.25) is 0 Å². The van der Waals surface area contributed by atoms with Crippen molar-refractivity contribution in [1.29, 1.82) is 0 Å². The fourth-order valence-corrected chi connectivity index (χ4v) is 2.23. The Kier molecular flexibility index (Phi) is 2.57. The Morgan fingerprint density at radius 2 is 2.40 bits per heavy atom. The fourth-order valence-electron chi connectivity index (χ4n) is 1.84. The van der Waals surface area contributed by atoms with Gasteiger partial charge < -0.3 is 5.73 Å². The first kappa shape index (κ1) is 10.3. The van der Waals surface area contributed by atoms with Crippen LogP contribution in [0.5, 0.6) is 0 Å². The molecule has 3 nitrogen and oxygen atoms in total. The maximum Gasteiger partial charge on any atom is 0.160 e. The molecule has 1 heterocycles. The molecule has 4 heteroatoms. The van der Waals surface area contributed by atoms with E-state index in [1.807, 2.05) is 18.2 Å². The van der Waals surface area contributed by atoms with Crippen LogP contribution < -0.4 is 5.73 Å². The molecule has 1 aromatic rings. The molecule has 0 aromatic carbocycles. The number of rotatable bonds is 2. The molecule has 80 valence electrons. The van der Waals surface area contributed by atoms with E-state index in [-0.39, 0.29) is 5.92 Å². The molecule has 0 aliphatic heterocycles. The number of nitrogen functional groups attached to an aromatic ring is 1. The van der Waals surface area contributed by atoms with Gasteiger partial charge in [0.15, 0.2) is 5.00 Å². The van der Waals surface area contributed by atoms with Crippen molar-refractivity contribution in [1.82, 2.24) is 9.78 Å². The van der Waals surface area contributed by atoms with E-state index in [0.717, 1.165) is 6.42 Å². The molecular weight excluding hydrogens is 210 g/mol. The summed E-state index contributed by atoms with van der Waals surface area (Å²) in [6.45, 7) is 2.11. The fraction of sp³-hybridized carbons (Fsp3) is 0.364. The summed E-state index contributed by atoms with van der Waals surface area (Å²) < 4.78 is 1.72. The lowest BCUT2D eigenvalue weighted by Crippen LogP contribution is -2.34. The predicted molar refractivity (Wildman–Crippen MR) is 62.5 cm³/mol. The van der Waals surface area contributed by atoms with Gasteiger partial charge in [0.1, 0.15) is 0 Å². The Balaban J connectivity index is 2.40. The molecular formula is C11H14ClN3. The average molecular weight is 224 g/mol. The Morgan fingerprint density at radius 1 is 1.60 bits per heavy atom. The van der Waals surface area contributed by atoms with Crippen molar-refractivity contribution in [2.45, 2.75) is 18.3 Å². The first-order valence-corrected chi connectivity index (χ1v) is 5.40. The van der Waals surface area contributed by atoms with Crippen molar-refractivity contribution in [2.24, 2.45) is 5.92 Å².